The van der Waals surface area contributed by atoms with E-state index in [4.69, 9.17) is 39.8 Å². The van der Waals surface area contributed by atoms with E-state index in [0.29, 0.717) is 32.4 Å². The van der Waals surface area contributed by atoms with Gasteiger partial charge in [0.1, 0.15) is 0 Å². The first-order valence-corrected chi connectivity index (χ1v) is 7.78. The number of nitrogens with two attached hydrogens (primary N) is 2. The molecule has 5 N–H and O–H groups in total. The molecule has 0 atom stereocenters. The molecule has 2 rings (SSSR count). The number of carboxylic acid groups (broad SMARTS) is 1. The van der Waals surface area contributed by atoms with E-state index in [-0.39, 0.29) is 11.3 Å². The van der Waals surface area contributed by atoms with Crippen LogP contribution in [0.1, 0.15) is 31.8 Å². The number of methoxy groups -OCH3 is 1. The molecule has 2 aromatic carbocycles. The number of carboxylic acids is 1. The maximum Gasteiger partial charge on any atom is 0.339 e. The second kappa shape index (κ2) is 8.60. The third kappa shape index (κ3) is 4.78. The van der Waals surface area contributed by atoms with Gasteiger partial charge in [0, 0.05) is 10.0 Å². The Morgan fingerprint density at radius 2 is 1.32 bits per heavy atom. The van der Waals surface area contributed by atoms with Crippen LogP contribution in [-0.2, 0) is 4.74 Å². The van der Waals surface area contributed by atoms with Crippen LogP contribution in [0.25, 0.3) is 0 Å². The Labute approximate surface area is 155 Å². The maximum absolute atomic E-state index is 11.2. The summed E-state index contributed by atoms with van der Waals surface area (Å²) in [6.07, 6.45) is 0. The fourth-order valence-corrected chi connectivity index (χ4v) is 2.21. The van der Waals surface area contributed by atoms with E-state index in [9.17, 15) is 9.59 Å². The minimum Gasteiger partial charge on any atom is -0.478 e. The molecule has 134 valence electrons. The van der Waals surface area contributed by atoms with E-state index in [2.05, 4.69) is 4.74 Å². The molecule has 6 nitrogen and oxygen atoms in total. The molecule has 0 heterocycles. The monoisotopic (exact) mass is 384 g/mol. The summed E-state index contributed by atoms with van der Waals surface area (Å²) in [5.41, 5.74) is 13.6. The average molecular weight is 385 g/mol. The lowest BCUT2D eigenvalue weighted by molar-refractivity contribution is 0.0601. The molecule has 0 aliphatic carbocycles. The van der Waals surface area contributed by atoms with Crippen molar-refractivity contribution in [2.45, 2.75) is 13.8 Å². The smallest absolute Gasteiger partial charge is 0.339 e. The minimum atomic E-state index is -1.03. The van der Waals surface area contributed by atoms with Crippen molar-refractivity contribution < 1.29 is 19.4 Å². The van der Waals surface area contributed by atoms with Crippen molar-refractivity contribution in [3.05, 3.63) is 56.6 Å². The number of anilines is 2. The number of esters is 1. The predicted octanol–water partition coefficient (Wildman–Crippen LogP) is 3.95. The highest BCUT2D eigenvalue weighted by molar-refractivity contribution is 6.32. The summed E-state index contributed by atoms with van der Waals surface area (Å²) in [4.78, 5) is 21.7. The second-order valence-electron chi connectivity index (χ2n) is 5.06. The molecular weight excluding hydrogens is 367 g/mol. The second-order valence-corrected chi connectivity index (χ2v) is 5.88. The number of hydrogen-bond donors (Lipinski definition) is 3. The summed E-state index contributed by atoms with van der Waals surface area (Å²) in [5.74, 6) is -1.48. The van der Waals surface area contributed by atoms with Gasteiger partial charge in [-0.2, -0.15) is 0 Å². The molecule has 0 spiro atoms. The average Bonchev–Trinajstić information content (AvgIpc) is 2.57. The summed E-state index contributed by atoms with van der Waals surface area (Å²) >= 11 is 11.5. The zero-order valence-electron chi connectivity index (χ0n) is 13.9. The lowest BCUT2D eigenvalue weighted by atomic mass is 10.1. The van der Waals surface area contributed by atoms with Gasteiger partial charge in [-0.3, -0.25) is 0 Å². The van der Waals surface area contributed by atoms with Gasteiger partial charge in [-0.15, -0.1) is 0 Å². The standard InChI is InChI=1S/C9H10ClNO2.C8H8ClNO2/c1-5-7(10)4-3-6(8(5)11)9(12)13-2;1-4-6(9)3-2-5(7(4)10)8(11)12/h3-4H,11H2,1-2H3;2-3H,10H2,1H3,(H,11,12). The highest BCUT2D eigenvalue weighted by Gasteiger charge is 2.13. The van der Waals surface area contributed by atoms with Gasteiger partial charge in [-0.05, 0) is 49.2 Å². The molecule has 0 bridgehead atoms. The van der Waals surface area contributed by atoms with E-state index in [1.165, 1.54) is 19.2 Å². The highest BCUT2D eigenvalue weighted by atomic mass is 35.5. The Morgan fingerprint density at radius 3 is 1.72 bits per heavy atom. The van der Waals surface area contributed by atoms with Crippen LogP contribution in [0.2, 0.25) is 10.0 Å². The number of carbonyl (C=O) groups excluding carboxylic acids is 1. The predicted molar refractivity (Wildman–Crippen MR) is 99.5 cm³/mol. The quantitative estimate of drug-likeness (QED) is 0.533. The lowest BCUT2D eigenvalue weighted by Gasteiger charge is -2.07. The SMILES string of the molecule is COC(=O)c1ccc(Cl)c(C)c1N.Cc1c(Cl)ccc(C(=O)O)c1N. The Balaban J connectivity index is 0.000000251. The Bertz CT molecular complexity index is 823. The molecule has 8 heteroatoms. The maximum atomic E-state index is 11.2. The number of nitrogen functional groups attached to an aromatic ring is 2. The van der Waals surface area contributed by atoms with Crippen LogP contribution in [0, 0.1) is 13.8 Å². The molecule has 2 aromatic rings. The molecule has 0 amide bonds. The van der Waals surface area contributed by atoms with Crippen LogP contribution in [0.3, 0.4) is 0 Å². The number of carbonyl (C=O) groups is 2. The van der Waals surface area contributed by atoms with Crippen LogP contribution in [0.4, 0.5) is 11.4 Å². The third-order valence-electron chi connectivity index (χ3n) is 3.53. The Morgan fingerprint density at radius 1 is 0.920 bits per heavy atom. The molecule has 0 radical (unpaired) electrons. The molecular formula is C17H18Cl2N2O4. The minimum absolute atomic E-state index is 0.0944. The summed E-state index contributed by atoms with van der Waals surface area (Å²) in [5, 5.41) is 9.69. The zero-order valence-corrected chi connectivity index (χ0v) is 15.4. The fourth-order valence-electron chi connectivity index (χ4n) is 1.88. The highest BCUT2D eigenvalue weighted by Crippen LogP contribution is 2.25. The first-order chi connectivity index (χ1) is 11.6. The van der Waals surface area contributed by atoms with Gasteiger partial charge in [0.15, 0.2) is 0 Å². The number of ether oxygens (including phenoxy) is 1. The van der Waals surface area contributed by atoms with Gasteiger partial charge in [0.25, 0.3) is 0 Å². The number of hydrogen-bond acceptors (Lipinski definition) is 5. The lowest BCUT2D eigenvalue weighted by Crippen LogP contribution is -2.06. The van der Waals surface area contributed by atoms with E-state index in [1.54, 1.807) is 26.0 Å². The summed E-state index contributed by atoms with van der Waals surface area (Å²) in [6, 6.07) is 6.10. The van der Waals surface area contributed by atoms with Gasteiger partial charge in [0.2, 0.25) is 0 Å². The van der Waals surface area contributed by atoms with Crippen LogP contribution < -0.4 is 11.5 Å². The largest absolute Gasteiger partial charge is 0.478 e. The zero-order chi connectivity index (χ0) is 19.3. The number of rotatable bonds is 2. The van der Waals surface area contributed by atoms with Crippen LogP contribution >= 0.6 is 23.2 Å². The topological polar surface area (TPSA) is 116 Å². The van der Waals surface area contributed by atoms with Crippen molar-refractivity contribution >= 4 is 46.5 Å². The third-order valence-corrected chi connectivity index (χ3v) is 4.35. The van der Waals surface area contributed by atoms with Gasteiger partial charge < -0.3 is 21.3 Å². The van der Waals surface area contributed by atoms with Crippen molar-refractivity contribution in [3.63, 3.8) is 0 Å². The Hall–Kier alpha value is -2.44. The van der Waals surface area contributed by atoms with E-state index < -0.39 is 11.9 Å². The van der Waals surface area contributed by atoms with Crippen LogP contribution in [0.15, 0.2) is 24.3 Å². The normalized spacial score (nSPS) is 9.80. The summed E-state index contributed by atoms with van der Waals surface area (Å²) in [6.45, 7) is 3.44. The van der Waals surface area contributed by atoms with Crippen molar-refractivity contribution in [2.24, 2.45) is 0 Å². The molecule has 25 heavy (non-hydrogen) atoms. The number of aromatic carboxylic acids is 1. The number of benzene rings is 2. The van der Waals surface area contributed by atoms with Crippen molar-refractivity contribution in [3.8, 4) is 0 Å². The summed E-state index contributed by atoms with van der Waals surface area (Å²) in [7, 11) is 1.31. The molecule has 0 aliphatic rings. The molecule has 0 aliphatic heterocycles. The molecule has 0 unspecified atom stereocenters. The first kappa shape index (κ1) is 20.6. The van der Waals surface area contributed by atoms with Crippen molar-refractivity contribution in [1.29, 1.82) is 0 Å². The molecule has 0 saturated carbocycles. The molecule has 0 aromatic heterocycles. The van der Waals surface area contributed by atoms with E-state index in [0.717, 1.165) is 0 Å². The Kier molecular flexibility index (Phi) is 7.09. The van der Waals surface area contributed by atoms with Gasteiger partial charge in [0.05, 0.1) is 29.6 Å². The van der Waals surface area contributed by atoms with Crippen LogP contribution in [0.5, 0.6) is 0 Å². The van der Waals surface area contributed by atoms with E-state index in [1.807, 2.05) is 0 Å². The van der Waals surface area contributed by atoms with Gasteiger partial charge >= 0.3 is 11.9 Å². The molecule has 0 saturated heterocycles. The fraction of sp³-hybridized carbons (Fsp3) is 0.176. The summed E-state index contributed by atoms with van der Waals surface area (Å²) < 4.78 is 4.55. The van der Waals surface area contributed by atoms with Crippen LogP contribution in [-0.4, -0.2) is 24.2 Å². The van der Waals surface area contributed by atoms with Gasteiger partial charge in [-0.1, -0.05) is 23.2 Å². The van der Waals surface area contributed by atoms with Crippen molar-refractivity contribution in [2.75, 3.05) is 18.6 Å². The first-order valence-electron chi connectivity index (χ1n) is 7.02. The van der Waals surface area contributed by atoms with Gasteiger partial charge in [-0.25, -0.2) is 9.59 Å². The van der Waals surface area contributed by atoms with Crippen molar-refractivity contribution in [1.82, 2.24) is 0 Å². The molecule has 0 fully saturated rings. The van der Waals surface area contributed by atoms with E-state index >= 15 is 0 Å². The number of halogens is 2.